The molecule has 0 aliphatic heterocycles. The van der Waals surface area contributed by atoms with Gasteiger partial charge in [0, 0.05) is 18.6 Å². The largest absolute Gasteiger partial charge is 0.480 e. The molecule has 10 N–H and O–H groups in total. The number of nitrogens with one attached hydrogen (secondary N) is 3. The van der Waals surface area contributed by atoms with Crippen molar-refractivity contribution < 1.29 is 33.9 Å². The first kappa shape index (κ1) is 29.1. The van der Waals surface area contributed by atoms with Gasteiger partial charge in [-0.2, -0.15) is 12.6 Å². The number of aliphatic carboxylic acids is 1. The Balaban J connectivity index is 5.57. The maximum atomic E-state index is 12.8. The molecule has 0 saturated heterocycles. The number of carboxylic acids is 1. The molecule has 0 bridgehead atoms. The number of hydrogen-bond acceptors (Lipinski definition) is 8. The summed E-state index contributed by atoms with van der Waals surface area (Å²) in [7, 11) is 0. The minimum atomic E-state index is -1.33. The van der Waals surface area contributed by atoms with Crippen LogP contribution in [0.15, 0.2) is 0 Å². The van der Waals surface area contributed by atoms with Crippen LogP contribution in [0.2, 0.25) is 0 Å². The van der Waals surface area contributed by atoms with Crippen molar-refractivity contribution in [1.29, 1.82) is 0 Å². The minimum Gasteiger partial charge on any atom is -0.480 e. The second-order valence-corrected chi connectivity index (χ2v) is 7.86. The van der Waals surface area contributed by atoms with Crippen molar-refractivity contribution in [2.45, 2.75) is 63.7 Å². The molecule has 0 aromatic carbocycles. The van der Waals surface area contributed by atoms with Gasteiger partial charge in [0.25, 0.3) is 0 Å². The van der Waals surface area contributed by atoms with Gasteiger partial charge in [-0.25, -0.2) is 4.79 Å². The molecule has 32 heavy (non-hydrogen) atoms. The molecular weight excluding hydrogens is 444 g/mol. The van der Waals surface area contributed by atoms with E-state index >= 15 is 0 Å². The Morgan fingerprint density at radius 2 is 1.22 bits per heavy atom. The van der Waals surface area contributed by atoms with Crippen molar-refractivity contribution in [2.75, 3.05) is 5.75 Å². The van der Waals surface area contributed by atoms with Crippen LogP contribution in [-0.4, -0.2) is 70.5 Å². The molecule has 0 spiro atoms. The van der Waals surface area contributed by atoms with Crippen molar-refractivity contribution >= 4 is 48.1 Å². The van der Waals surface area contributed by atoms with Gasteiger partial charge in [-0.3, -0.25) is 24.0 Å². The maximum Gasteiger partial charge on any atom is 0.326 e. The zero-order valence-corrected chi connectivity index (χ0v) is 18.9. The van der Waals surface area contributed by atoms with E-state index in [-0.39, 0.29) is 31.4 Å². The van der Waals surface area contributed by atoms with Crippen molar-refractivity contribution in [3.63, 3.8) is 0 Å². The van der Waals surface area contributed by atoms with Gasteiger partial charge in [-0.05, 0) is 18.8 Å². The first-order valence-electron chi connectivity index (χ1n) is 9.87. The number of rotatable bonds is 15. The molecule has 0 aliphatic carbocycles. The van der Waals surface area contributed by atoms with Gasteiger partial charge in [0.05, 0.1) is 6.04 Å². The summed E-state index contributed by atoms with van der Waals surface area (Å²) < 4.78 is 0. The van der Waals surface area contributed by atoms with Crippen LogP contribution in [0.1, 0.15) is 39.5 Å². The van der Waals surface area contributed by atoms with Gasteiger partial charge in [0.15, 0.2) is 0 Å². The summed E-state index contributed by atoms with van der Waals surface area (Å²) in [4.78, 5) is 71.2. The fourth-order valence-electron chi connectivity index (χ4n) is 2.51. The number of carbonyl (C=O) groups excluding carboxylic acids is 5. The monoisotopic (exact) mass is 476 g/mol. The predicted molar refractivity (Wildman–Crippen MR) is 117 cm³/mol. The van der Waals surface area contributed by atoms with Crippen molar-refractivity contribution in [1.82, 2.24) is 16.0 Å². The number of nitrogens with two attached hydrogens (primary N) is 3. The summed E-state index contributed by atoms with van der Waals surface area (Å²) >= 11 is 3.90. The first-order valence-corrected chi connectivity index (χ1v) is 10.5. The highest BCUT2D eigenvalue weighted by Gasteiger charge is 2.31. The lowest BCUT2D eigenvalue weighted by Crippen LogP contribution is -2.58. The Morgan fingerprint density at radius 3 is 1.56 bits per heavy atom. The van der Waals surface area contributed by atoms with E-state index in [1.165, 1.54) is 0 Å². The highest BCUT2D eigenvalue weighted by atomic mass is 32.1. The van der Waals surface area contributed by atoms with E-state index in [0.717, 1.165) is 0 Å². The molecule has 0 aromatic rings. The van der Waals surface area contributed by atoms with Gasteiger partial charge in [0.1, 0.15) is 18.1 Å². The normalized spacial score (nSPS) is 14.5. The molecule has 0 rings (SSSR count). The SMILES string of the molecule is CC(C)C(NC(=O)C(CCC(N)=O)NC(=O)C(CCC(N)=O)NC(=O)C(N)CS)C(=O)O. The predicted octanol–water partition coefficient (Wildman–Crippen LogP) is -3.03. The topological polar surface area (TPSA) is 237 Å². The number of carbonyl (C=O) groups is 6. The van der Waals surface area contributed by atoms with Crippen molar-refractivity contribution in [2.24, 2.45) is 23.1 Å². The molecule has 4 unspecified atom stereocenters. The highest BCUT2D eigenvalue weighted by Crippen LogP contribution is 2.06. The fraction of sp³-hybridized carbons (Fsp3) is 0.667. The average Bonchev–Trinajstić information content (AvgIpc) is 2.69. The Morgan fingerprint density at radius 1 is 0.812 bits per heavy atom. The quantitative estimate of drug-likeness (QED) is 0.113. The molecule has 0 radical (unpaired) electrons. The van der Waals surface area contributed by atoms with Gasteiger partial charge in [0.2, 0.25) is 29.5 Å². The third-order valence-electron chi connectivity index (χ3n) is 4.39. The molecule has 182 valence electrons. The summed E-state index contributed by atoms with van der Waals surface area (Å²) in [6, 6.07) is -4.87. The lowest BCUT2D eigenvalue weighted by molar-refractivity contribution is -0.143. The van der Waals surface area contributed by atoms with E-state index < -0.39 is 65.6 Å². The van der Waals surface area contributed by atoms with E-state index in [2.05, 4.69) is 28.6 Å². The van der Waals surface area contributed by atoms with Crippen molar-refractivity contribution in [3.05, 3.63) is 0 Å². The number of primary amides is 2. The smallest absolute Gasteiger partial charge is 0.326 e. The molecule has 5 amide bonds. The third-order valence-corrected chi connectivity index (χ3v) is 4.78. The van der Waals surface area contributed by atoms with Gasteiger partial charge >= 0.3 is 5.97 Å². The maximum absolute atomic E-state index is 12.8. The molecule has 0 saturated carbocycles. The highest BCUT2D eigenvalue weighted by molar-refractivity contribution is 7.80. The number of amides is 5. The van der Waals surface area contributed by atoms with Crippen LogP contribution in [0.5, 0.6) is 0 Å². The summed E-state index contributed by atoms with van der Waals surface area (Å²) in [5.41, 5.74) is 15.8. The Hall–Kier alpha value is -2.87. The lowest BCUT2D eigenvalue weighted by atomic mass is 10.0. The number of hydrogen-bond donors (Lipinski definition) is 8. The van der Waals surface area contributed by atoms with Gasteiger partial charge in [-0.1, -0.05) is 13.8 Å². The van der Waals surface area contributed by atoms with Crippen LogP contribution in [0.3, 0.4) is 0 Å². The van der Waals surface area contributed by atoms with E-state index in [0.29, 0.717) is 0 Å². The van der Waals surface area contributed by atoms with E-state index in [1.54, 1.807) is 13.8 Å². The summed E-state index contributed by atoms with van der Waals surface area (Å²) in [6.07, 6.45) is -0.925. The summed E-state index contributed by atoms with van der Waals surface area (Å²) in [6.45, 7) is 3.16. The van der Waals surface area contributed by atoms with E-state index in [4.69, 9.17) is 17.2 Å². The zero-order valence-electron chi connectivity index (χ0n) is 18.0. The van der Waals surface area contributed by atoms with E-state index in [1.807, 2.05) is 0 Å². The van der Waals surface area contributed by atoms with Crippen molar-refractivity contribution in [3.8, 4) is 0 Å². The zero-order chi connectivity index (χ0) is 25.0. The van der Waals surface area contributed by atoms with Crippen LogP contribution in [0.4, 0.5) is 0 Å². The molecule has 0 heterocycles. The molecular formula is C18H32N6O7S. The molecule has 0 aromatic heterocycles. The minimum absolute atomic E-state index is 0.00852. The first-order chi connectivity index (χ1) is 14.8. The number of thiol groups is 1. The van der Waals surface area contributed by atoms with Crippen LogP contribution in [-0.2, 0) is 28.8 Å². The summed E-state index contributed by atoms with van der Waals surface area (Å²) in [5.74, 6) is -5.64. The fourth-order valence-corrected chi connectivity index (χ4v) is 2.68. The molecule has 14 heteroatoms. The van der Waals surface area contributed by atoms with Crippen LogP contribution in [0.25, 0.3) is 0 Å². The van der Waals surface area contributed by atoms with Crippen LogP contribution >= 0.6 is 12.6 Å². The lowest BCUT2D eigenvalue weighted by Gasteiger charge is -2.25. The number of carboxylic acid groups (broad SMARTS) is 1. The van der Waals surface area contributed by atoms with E-state index in [9.17, 15) is 33.9 Å². The standard InChI is InChI=1S/C18H32N6O7S/c1-8(2)14(18(30)31)24-17(29)11(4-6-13(21)26)23-16(28)10(3-5-12(20)25)22-15(27)9(19)7-32/h8-11,14,32H,3-7,19H2,1-2H3,(H2,20,25)(H2,21,26)(H,22,27)(H,23,28)(H,24,29)(H,30,31). The summed E-state index contributed by atoms with van der Waals surface area (Å²) in [5, 5.41) is 16.3. The molecule has 0 fully saturated rings. The van der Waals surface area contributed by atoms with Crippen LogP contribution in [0, 0.1) is 5.92 Å². The Labute approximate surface area is 191 Å². The third kappa shape index (κ3) is 10.9. The molecule has 13 nitrogen and oxygen atoms in total. The second kappa shape index (κ2) is 14.2. The van der Waals surface area contributed by atoms with Crippen LogP contribution < -0.4 is 33.2 Å². The van der Waals surface area contributed by atoms with Gasteiger partial charge in [-0.15, -0.1) is 0 Å². The molecule has 0 aliphatic rings. The second-order valence-electron chi connectivity index (χ2n) is 7.49. The Kier molecular flexibility index (Phi) is 13.0. The molecule has 4 atom stereocenters. The average molecular weight is 477 g/mol. The Bertz CT molecular complexity index is 718. The van der Waals surface area contributed by atoms with Gasteiger partial charge < -0.3 is 38.3 Å².